The molecule has 0 amide bonds. The maximum Gasteiger partial charge on any atom is 0.178 e. The zero-order chi connectivity index (χ0) is 16.1. The van der Waals surface area contributed by atoms with E-state index in [0.717, 1.165) is 36.8 Å². The maximum atomic E-state index is 4.83. The minimum absolute atomic E-state index is 0.555. The lowest BCUT2D eigenvalue weighted by Crippen LogP contribution is -2.22. The van der Waals surface area contributed by atoms with E-state index < -0.39 is 0 Å². The van der Waals surface area contributed by atoms with Gasteiger partial charge in [-0.15, -0.1) is 15.3 Å². The van der Waals surface area contributed by atoms with Gasteiger partial charge in [0.25, 0.3) is 0 Å². The molecular formula is C17H21N7. The van der Waals surface area contributed by atoms with Crippen LogP contribution >= 0.6 is 0 Å². The molecule has 24 heavy (non-hydrogen) atoms. The lowest BCUT2D eigenvalue weighted by Gasteiger charge is -2.17. The zero-order valence-corrected chi connectivity index (χ0v) is 13.8. The highest BCUT2D eigenvalue weighted by atomic mass is 15.4. The summed E-state index contributed by atoms with van der Waals surface area (Å²) in [5.74, 6) is 3.28. The van der Waals surface area contributed by atoms with Gasteiger partial charge in [-0.3, -0.25) is 4.68 Å². The Balaban J connectivity index is 1.35. The summed E-state index contributed by atoms with van der Waals surface area (Å²) < 4.78 is 3.82. The van der Waals surface area contributed by atoms with Gasteiger partial charge < -0.3 is 4.90 Å². The summed E-state index contributed by atoms with van der Waals surface area (Å²) >= 11 is 0. The molecule has 1 unspecified atom stereocenters. The van der Waals surface area contributed by atoms with Crippen molar-refractivity contribution in [2.75, 3.05) is 18.0 Å². The quantitative estimate of drug-likeness (QED) is 0.732. The second-order valence-corrected chi connectivity index (χ2v) is 7.12. The Morgan fingerprint density at radius 2 is 2.08 bits per heavy atom. The van der Waals surface area contributed by atoms with Crippen LogP contribution in [0.1, 0.15) is 36.6 Å². The van der Waals surface area contributed by atoms with Crippen LogP contribution in [-0.4, -0.2) is 42.7 Å². The predicted molar refractivity (Wildman–Crippen MR) is 90.0 cm³/mol. The molecule has 5 rings (SSSR count). The van der Waals surface area contributed by atoms with Gasteiger partial charge in [0, 0.05) is 32.3 Å². The van der Waals surface area contributed by atoms with Crippen molar-refractivity contribution >= 4 is 11.5 Å². The zero-order valence-electron chi connectivity index (χ0n) is 13.8. The van der Waals surface area contributed by atoms with Gasteiger partial charge in [-0.25, -0.2) is 0 Å². The minimum atomic E-state index is 0.555. The summed E-state index contributed by atoms with van der Waals surface area (Å²) in [5, 5.41) is 17.7. The van der Waals surface area contributed by atoms with Crippen LogP contribution in [0.3, 0.4) is 0 Å². The number of fused-ring (bicyclic) bond motifs is 1. The van der Waals surface area contributed by atoms with E-state index in [1.807, 2.05) is 28.5 Å². The Bertz CT molecular complexity index is 876. The first-order valence-electron chi connectivity index (χ1n) is 8.71. The van der Waals surface area contributed by atoms with E-state index in [9.17, 15) is 0 Å². The largest absolute Gasteiger partial charge is 0.355 e. The van der Waals surface area contributed by atoms with Gasteiger partial charge >= 0.3 is 0 Å². The Hall–Kier alpha value is -2.44. The van der Waals surface area contributed by atoms with Crippen molar-refractivity contribution in [3.63, 3.8) is 0 Å². The molecule has 2 aliphatic rings. The third-order valence-electron chi connectivity index (χ3n) is 5.11. The van der Waals surface area contributed by atoms with Gasteiger partial charge in [0.2, 0.25) is 0 Å². The Kier molecular flexibility index (Phi) is 3.08. The van der Waals surface area contributed by atoms with E-state index in [2.05, 4.69) is 32.5 Å². The van der Waals surface area contributed by atoms with Crippen molar-refractivity contribution in [1.82, 2.24) is 29.6 Å². The summed E-state index contributed by atoms with van der Waals surface area (Å²) in [6, 6.07) is 4.11. The number of hydrogen-bond acceptors (Lipinski definition) is 5. The molecule has 0 N–H and O–H groups in total. The van der Waals surface area contributed by atoms with Crippen molar-refractivity contribution in [2.45, 2.75) is 31.6 Å². The number of rotatable bonds is 4. The van der Waals surface area contributed by atoms with E-state index in [0.29, 0.717) is 11.8 Å². The molecule has 7 heteroatoms. The van der Waals surface area contributed by atoms with Crippen LogP contribution in [0.25, 0.3) is 5.65 Å². The fourth-order valence-electron chi connectivity index (χ4n) is 3.68. The fourth-order valence-corrected chi connectivity index (χ4v) is 3.68. The van der Waals surface area contributed by atoms with Crippen LogP contribution in [0.5, 0.6) is 0 Å². The highest BCUT2D eigenvalue weighted by molar-refractivity contribution is 5.47. The Morgan fingerprint density at radius 3 is 2.88 bits per heavy atom. The molecule has 7 nitrogen and oxygen atoms in total. The number of hydrogen-bond donors (Lipinski definition) is 0. The first-order chi connectivity index (χ1) is 11.8. The van der Waals surface area contributed by atoms with Crippen LogP contribution in [0.2, 0.25) is 0 Å². The normalized spacial score (nSPS) is 21.0. The van der Waals surface area contributed by atoms with Crippen LogP contribution in [-0.2, 0) is 13.5 Å². The van der Waals surface area contributed by atoms with Crippen molar-refractivity contribution in [3.05, 3.63) is 35.9 Å². The van der Waals surface area contributed by atoms with E-state index in [4.69, 9.17) is 5.10 Å². The lowest BCUT2D eigenvalue weighted by atomic mass is 10.0. The molecule has 0 bridgehead atoms. The van der Waals surface area contributed by atoms with Crippen molar-refractivity contribution in [3.8, 4) is 0 Å². The molecular weight excluding hydrogens is 302 g/mol. The molecule has 3 aromatic heterocycles. The third-order valence-corrected chi connectivity index (χ3v) is 5.11. The standard InChI is InChI=1S/C17H21N7/c1-22-10-13(9-18-22)8-12-6-7-23(11-12)16-5-4-15-19-20-17(14-2-3-14)24(15)21-16/h4-5,9-10,12,14H,2-3,6-8,11H2,1H3. The number of aryl methyl sites for hydroxylation is 1. The second-order valence-electron chi connectivity index (χ2n) is 7.12. The summed E-state index contributed by atoms with van der Waals surface area (Å²) in [6.07, 6.45) is 8.81. The molecule has 0 spiro atoms. The van der Waals surface area contributed by atoms with Gasteiger partial charge in [-0.2, -0.15) is 9.61 Å². The van der Waals surface area contributed by atoms with Crippen LogP contribution in [0.4, 0.5) is 5.82 Å². The van der Waals surface area contributed by atoms with Gasteiger partial charge in [-0.1, -0.05) is 0 Å². The van der Waals surface area contributed by atoms with Gasteiger partial charge in [0.1, 0.15) is 5.82 Å². The summed E-state index contributed by atoms with van der Waals surface area (Å²) in [5.41, 5.74) is 2.18. The first-order valence-corrected chi connectivity index (χ1v) is 8.71. The summed E-state index contributed by atoms with van der Waals surface area (Å²) in [6.45, 7) is 2.11. The van der Waals surface area contributed by atoms with Crippen LogP contribution in [0.15, 0.2) is 24.5 Å². The molecule has 1 saturated heterocycles. The minimum Gasteiger partial charge on any atom is -0.355 e. The van der Waals surface area contributed by atoms with Crippen molar-refractivity contribution in [1.29, 1.82) is 0 Å². The van der Waals surface area contributed by atoms with Crippen molar-refractivity contribution < 1.29 is 0 Å². The molecule has 124 valence electrons. The predicted octanol–water partition coefficient (Wildman–Crippen LogP) is 1.80. The molecule has 3 aromatic rings. The molecule has 0 aromatic carbocycles. The molecule has 1 aliphatic carbocycles. The topological polar surface area (TPSA) is 64.1 Å². The van der Waals surface area contributed by atoms with E-state index >= 15 is 0 Å². The molecule has 4 heterocycles. The highest BCUT2D eigenvalue weighted by Gasteiger charge is 2.30. The smallest absolute Gasteiger partial charge is 0.178 e. The second kappa shape index (κ2) is 5.29. The van der Waals surface area contributed by atoms with Gasteiger partial charge in [0.15, 0.2) is 11.5 Å². The fraction of sp³-hybridized carbons (Fsp3) is 0.529. The summed E-state index contributed by atoms with van der Waals surface area (Å²) in [4.78, 5) is 2.39. The number of anilines is 1. The van der Waals surface area contributed by atoms with Crippen molar-refractivity contribution in [2.24, 2.45) is 13.0 Å². The SMILES string of the molecule is Cn1cc(CC2CCN(c3ccc4nnc(C5CC5)n4n3)C2)cn1. The van der Waals surface area contributed by atoms with Gasteiger partial charge in [-0.05, 0) is 49.3 Å². The Morgan fingerprint density at radius 1 is 1.17 bits per heavy atom. The summed E-state index contributed by atoms with van der Waals surface area (Å²) in [7, 11) is 1.97. The monoisotopic (exact) mass is 323 g/mol. The molecule has 1 atom stereocenters. The van der Waals surface area contributed by atoms with E-state index in [1.54, 1.807) is 0 Å². The van der Waals surface area contributed by atoms with Crippen LogP contribution in [0, 0.1) is 5.92 Å². The molecule has 1 aliphatic heterocycles. The van der Waals surface area contributed by atoms with E-state index in [-0.39, 0.29) is 0 Å². The third kappa shape index (κ3) is 2.44. The Labute approximate surface area is 140 Å². The van der Waals surface area contributed by atoms with Crippen LogP contribution < -0.4 is 4.90 Å². The lowest BCUT2D eigenvalue weighted by molar-refractivity contribution is 0.585. The van der Waals surface area contributed by atoms with Gasteiger partial charge in [0.05, 0.1) is 6.20 Å². The molecule has 0 radical (unpaired) electrons. The first kappa shape index (κ1) is 13.9. The molecule has 1 saturated carbocycles. The van der Waals surface area contributed by atoms with E-state index in [1.165, 1.54) is 24.8 Å². The number of aromatic nitrogens is 6. The molecule has 2 fully saturated rings. The number of nitrogens with zero attached hydrogens (tertiary/aromatic N) is 7. The maximum absolute atomic E-state index is 4.83. The average molecular weight is 323 g/mol. The highest BCUT2D eigenvalue weighted by Crippen LogP contribution is 2.38. The average Bonchev–Trinajstić information content (AvgIpc) is 2.99.